The number of carbonyl (C=O) groups excluding carboxylic acids is 2. The predicted molar refractivity (Wildman–Crippen MR) is 135 cm³/mol. The molecule has 3 aromatic carbocycles. The van der Waals surface area contributed by atoms with E-state index in [1.807, 2.05) is 54.6 Å². The van der Waals surface area contributed by atoms with Gasteiger partial charge in [0.25, 0.3) is 5.91 Å². The molecular formula is C29H27NO5. The molecule has 1 aliphatic heterocycles. The van der Waals surface area contributed by atoms with E-state index in [0.29, 0.717) is 29.5 Å². The Morgan fingerprint density at radius 3 is 2.37 bits per heavy atom. The van der Waals surface area contributed by atoms with E-state index in [9.17, 15) is 9.59 Å². The van der Waals surface area contributed by atoms with Crippen LogP contribution in [-0.2, 0) is 20.9 Å². The molecule has 0 radical (unpaired) electrons. The average Bonchev–Trinajstić information content (AvgIpc) is 3.12. The van der Waals surface area contributed by atoms with Crippen molar-refractivity contribution in [3.8, 4) is 11.5 Å². The minimum atomic E-state index is -0.530. The molecule has 6 heteroatoms. The average molecular weight is 470 g/mol. The third-order valence-electron chi connectivity index (χ3n) is 5.63. The lowest BCUT2D eigenvalue weighted by Gasteiger charge is -2.18. The summed E-state index contributed by atoms with van der Waals surface area (Å²) in [5.41, 5.74) is 3.48. The van der Waals surface area contributed by atoms with Crippen LogP contribution in [0.1, 0.15) is 25.0 Å². The number of carbonyl (C=O) groups is 2. The maximum Gasteiger partial charge on any atom is 0.340 e. The Morgan fingerprint density at radius 2 is 1.69 bits per heavy atom. The summed E-state index contributed by atoms with van der Waals surface area (Å²) in [6.07, 6.45) is 1.71. The van der Waals surface area contributed by atoms with Crippen LogP contribution in [0, 0.1) is 0 Å². The second kappa shape index (κ2) is 10.7. The third-order valence-corrected chi connectivity index (χ3v) is 5.63. The zero-order valence-electron chi connectivity index (χ0n) is 20.0. The minimum Gasteiger partial charge on any atom is -0.497 e. The normalized spacial score (nSPS) is 14.4. The number of esters is 1. The number of allylic oxidation sites excluding steroid dienone is 1. The Labute approximate surface area is 205 Å². The van der Waals surface area contributed by atoms with Crippen LogP contribution < -0.4 is 14.4 Å². The lowest BCUT2D eigenvalue weighted by molar-refractivity contribution is -0.138. The summed E-state index contributed by atoms with van der Waals surface area (Å²) in [7, 11) is 1.58. The van der Waals surface area contributed by atoms with E-state index in [1.165, 1.54) is 4.90 Å². The van der Waals surface area contributed by atoms with Crippen molar-refractivity contribution in [2.45, 2.75) is 20.5 Å². The van der Waals surface area contributed by atoms with Crippen molar-refractivity contribution >= 4 is 23.6 Å². The molecule has 0 atom stereocenters. The summed E-state index contributed by atoms with van der Waals surface area (Å²) >= 11 is 0. The van der Waals surface area contributed by atoms with Gasteiger partial charge in [-0.1, -0.05) is 42.5 Å². The first-order valence-corrected chi connectivity index (χ1v) is 11.4. The van der Waals surface area contributed by atoms with Crippen molar-refractivity contribution in [1.82, 2.24) is 0 Å². The molecule has 0 unspecified atom stereocenters. The monoisotopic (exact) mass is 469 g/mol. The number of anilines is 1. The number of ether oxygens (including phenoxy) is 3. The van der Waals surface area contributed by atoms with Crippen molar-refractivity contribution in [3.63, 3.8) is 0 Å². The Kier molecular flexibility index (Phi) is 7.31. The highest BCUT2D eigenvalue weighted by Crippen LogP contribution is 2.36. The molecule has 0 saturated heterocycles. The molecule has 178 valence electrons. The molecule has 1 amide bonds. The van der Waals surface area contributed by atoms with Crippen LogP contribution in [0.25, 0.3) is 6.08 Å². The van der Waals surface area contributed by atoms with Crippen LogP contribution >= 0.6 is 0 Å². The summed E-state index contributed by atoms with van der Waals surface area (Å²) < 4.78 is 16.4. The Balaban J connectivity index is 1.66. The van der Waals surface area contributed by atoms with Crippen molar-refractivity contribution in [2.24, 2.45) is 0 Å². The maximum absolute atomic E-state index is 13.5. The number of rotatable bonds is 8. The van der Waals surface area contributed by atoms with Crippen molar-refractivity contribution in [3.05, 3.63) is 107 Å². The lowest BCUT2D eigenvalue weighted by atomic mass is 10.0. The highest BCUT2D eigenvalue weighted by atomic mass is 16.5. The molecule has 6 nitrogen and oxygen atoms in total. The second-order valence-electron chi connectivity index (χ2n) is 7.92. The first-order valence-electron chi connectivity index (χ1n) is 11.4. The van der Waals surface area contributed by atoms with Crippen LogP contribution in [0.3, 0.4) is 0 Å². The van der Waals surface area contributed by atoms with Gasteiger partial charge < -0.3 is 14.2 Å². The van der Waals surface area contributed by atoms with E-state index in [4.69, 9.17) is 14.2 Å². The quantitative estimate of drug-likeness (QED) is 0.320. The van der Waals surface area contributed by atoms with Crippen molar-refractivity contribution in [2.75, 3.05) is 18.6 Å². The van der Waals surface area contributed by atoms with E-state index in [0.717, 1.165) is 11.1 Å². The zero-order chi connectivity index (χ0) is 24.8. The van der Waals surface area contributed by atoms with Gasteiger partial charge in [0.2, 0.25) is 0 Å². The van der Waals surface area contributed by atoms with Crippen LogP contribution in [0.2, 0.25) is 0 Å². The molecule has 35 heavy (non-hydrogen) atoms. The molecule has 3 aromatic rings. The molecule has 0 aromatic heterocycles. The van der Waals surface area contributed by atoms with E-state index >= 15 is 0 Å². The van der Waals surface area contributed by atoms with E-state index in [-0.39, 0.29) is 23.7 Å². The third kappa shape index (κ3) is 5.27. The van der Waals surface area contributed by atoms with Gasteiger partial charge in [-0.15, -0.1) is 0 Å². The van der Waals surface area contributed by atoms with Crippen LogP contribution in [0.4, 0.5) is 5.69 Å². The molecule has 4 rings (SSSR count). The van der Waals surface area contributed by atoms with E-state index in [2.05, 4.69) is 0 Å². The number of hydrogen-bond donors (Lipinski definition) is 0. The maximum atomic E-state index is 13.5. The summed E-state index contributed by atoms with van der Waals surface area (Å²) in [5, 5.41) is 0. The second-order valence-corrected chi connectivity index (χ2v) is 7.92. The number of methoxy groups -OCH3 is 1. The van der Waals surface area contributed by atoms with Gasteiger partial charge in [-0.05, 0) is 67.4 Å². The first kappa shape index (κ1) is 23.8. The lowest BCUT2D eigenvalue weighted by Crippen LogP contribution is -2.24. The predicted octanol–water partition coefficient (Wildman–Crippen LogP) is 5.54. The molecule has 1 aliphatic rings. The van der Waals surface area contributed by atoms with Gasteiger partial charge in [0.15, 0.2) is 0 Å². The van der Waals surface area contributed by atoms with Crippen molar-refractivity contribution < 1.29 is 23.8 Å². The minimum absolute atomic E-state index is 0.211. The van der Waals surface area contributed by atoms with Gasteiger partial charge in [-0.25, -0.2) is 4.79 Å². The Hall–Kier alpha value is -4.32. The van der Waals surface area contributed by atoms with Gasteiger partial charge in [0, 0.05) is 11.4 Å². The fourth-order valence-electron chi connectivity index (χ4n) is 3.93. The van der Waals surface area contributed by atoms with Gasteiger partial charge in [0.1, 0.15) is 18.1 Å². The standard InChI is InChI=1S/C29H27NO5/c1-4-34-29(32)27-20(2)30(23-13-15-24(33-3)16-14-23)28(31)26(27)18-22-11-8-12-25(17-22)35-19-21-9-6-5-7-10-21/h5-18H,4,19H2,1-3H3/b26-18-. The highest BCUT2D eigenvalue weighted by molar-refractivity contribution is 6.23. The molecule has 0 spiro atoms. The van der Waals surface area contributed by atoms with E-state index in [1.54, 1.807) is 51.3 Å². The van der Waals surface area contributed by atoms with Gasteiger partial charge >= 0.3 is 5.97 Å². The van der Waals surface area contributed by atoms with Crippen LogP contribution in [-0.4, -0.2) is 25.6 Å². The number of benzene rings is 3. The fraction of sp³-hybridized carbons (Fsp3) is 0.172. The molecule has 0 fully saturated rings. The largest absolute Gasteiger partial charge is 0.497 e. The molecular weight excluding hydrogens is 442 g/mol. The van der Waals surface area contributed by atoms with Gasteiger partial charge in [-0.2, -0.15) is 0 Å². The summed E-state index contributed by atoms with van der Waals surface area (Å²) in [6.45, 7) is 4.12. The fourth-order valence-corrected chi connectivity index (χ4v) is 3.93. The van der Waals surface area contributed by atoms with Gasteiger partial charge in [-0.3, -0.25) is 9.69 Å². The zero-order valence-corrected chi connectivity index (χ0v) is 20.0. The topological polar surface area (TPSA) is 65.1 Å². The Morgan fingerprint density at radius 1 is 0.943 bits per heavy atom. The number of nitrogens with zero attached hydrogens (tertiary/aromatic N) is 1. The molecule has 0 saturated carbocycles. The number of hydrogen-bond acceptors (Lipinski definition) is 5. The summed E-state index contributed by atoms with van der Waals surface area (Å²) in [5.74, 6) is 0.512. The molecule has 0 bridgehead atoms. The smallest absolute Gasteiger partial charge is 0.340 e. The highest BCUT2D eigenvalue weighted by Gasteiger charge is 2.38. The first-order chi connectivity index (χ1) is 17.0. The molecule has 1 heterocycles. The van der Waals surface area contributed by atoms with E-state index < -0.39 is 5.97 Å². The van der Waals surface area contributed by atoms with Gasteiger partial charge in [0.05, 0.1) is 24.9 Å². The van der Waals surface area contributed by atoms with Crippen molar-refractivity contribution in [1.29, 1.82) is 0 Å². The molecule has 0 aliphatic carbocycles. The summed E-state index contributed by atoms with van der Waals surface area (Å²) in [6, 6.07) is 24.4. The Bertz CT molecular complexity index is 1280. The number of amides is 1. The summed E-state index contributed by atoms with van der Waals surface area (Å²) in [4.78, 5) is 27.9. The van der Waals surface area contributed by atoms with Crippen LogP contribution in [0.5, 0.6) is 11.5 Å². The SMILES string of the molecule is CCOC(=O)C1=C(C)N(c2ccc(OC)cc2)C(=O)/C1=C\c1cccc(OCc2ccccc2)c1. The molecule has 0 N–H and O–H groups in total. The van der Waals surface area contributed by atoms with Crippen LogP contribution in [0.15, 0.2) is 95.7 Å².